The molecule has 198 valence electrons. The van der Waals surface area contributed by atoms with E-state index < -0.39 is 26.4 Å². The van der Waals surface area contributed by atoms with E-state index in [4.69, 9.17) is 9.47 Å². The molecule has 0 unspecified atom stereocenters. The van der Waals surface area contributed by atoms with Gasteiger partial charge in [-0.25, -0.2) is 8.42 Å². The Kier molecular flexibility index (Phi) is 8.20. The molecule has 1 aromatic heterocycles. The minimum Gasteiger partial charge on any atom is -0.484 e. The van der Waals surface area contributed by atoms with Crippen LogP contribution in [0.25, 0.3) is 5.69 Å². The van der Waals surface area contributed by atoms with E-state index in [0.717, 1.165) is 16.4 Å². The van der Waals surface area contributed by atoms with E-state index in [1.54, 1.807) is 41.4 Å². The van der Waals surface area contributed by atoms with E-state index in [0.29, 0.717) is 18.0 Å². The molecule has 1 aliphatic rings. The molecular formula is C25H29F2N4O5S+. The first-order valence-corrected chi connectivity index (χ1v) is 13.3. The number of benzene rings is 2. The lowest BCUT2D eigenvalue weighted by Crippen LogP contribution is -2.52. The van der Waals surface area contributed by atoms with Crippen molar-refractivity contribution in [2.24, 2.45) is 0 Å². The molecule has 37 heavy (non-hydrogen) atoms. The van der Waals surface area contributed by atoms with E-state index in [-0.39, 0.29) is 45.1 Å². The third kappa shape index (κ3) is 5.50. The Morgan fingerprint density at radius 2 is 1.57 bits per heavy atom. The zero-order chi connectivity index (χ0) is 26.5. The predicted molar refractivity (Wildman–Crippen MR) is 134 cm³/mol. The van der Waals surface area contributed by atoms with Crippen molar-refractivity contribution in [1.82, 2.24) is 8.99 Å². The number of sulfonamides is 1. The minimum atomic E-state index is -4.95. The summed E-state index contributed by atoms with van der Waals surface area (Å²) in [5.74, 6) is 0.0632. The van der Waals surface area contributed by atoms with Gasteiger partial charge in [-0.3, -0.25) is 4.79 Å². The molecule has 1 fully saturated rings. The third-order valence-corrected chi connectivity index (χ3v) is 7.93. The maximum atomic E-state index is 14.9. The number of para-hydroxylation sites is 1. The topological polar surface area (TPSA) is 95.2 Å². The number of aromatic nitrogens is 2. The largest absolute Gasteiger partial charge is 0.484 e. The summed E-state index contributed by atoms with van der Waals surface area (Å²) in [4.78, 5) is 15.1. The second-order valence-electron chi connectivity index (χ2n) is 8.28. The van der Waals surface area contributed by atoms with Crippen molar-refractivity contribution in [3.63, 3.8) is 0 Å². The van der Waals surface area contributed by atoms with Crippen LogP contribution >= 0.6 is 0 Å². The van der Waals surface area contributed by atoms with Crippen LogP contribution in [-0.2, 0) is 20.0 Å². The molecule has 4 rings (SSSR count). The molecule has 0 bridgehead atoms. The fourth-order valence-electron chi connectivity index (χ4n) is 4.06. The van der Waals surface area contributed by atoms with Crippen LogP contribution in [0.15, 0.2) is 71.7 Å². The lowest BCUT2D eigenvalue weighted by Gasteiger charge is -2.36. The van der Waals surface area contributed by atoms with Gasteiger partial charge in [0.25, 0.3) is 10.0 Å². The number of nitrogens with zero attached hydrogens (tertiary/aromatic N) is 3. The normalized spacial score (nSPS) is 15.1. The van der Waals surface area contributed by atoms with Gasteiger partial charge in [-0.15, -0.1) is 5.10 Å². The summed E-state index contributed by atoms with van der Waals surface area (Å²) in [6.07, 6.45) is 1.59. The van der Waals surface area contributed by atoms with Crippen LogP contribution in [0.5, 0.6) is 5.75 Å². The highest BCUT2D eigenvalue weighted by Crippen LogP contribution is 2.37. The van der Waals surface area contributed by atoms with Gasteiger partial charge in [0.15, 0.2) is 5.69 Å². The van der Waals surface area contributed by atoms with Crippen LogP contribution in [0.4, 0.5) is 14.5 Å². The first-order valence-electron chi connectivity index (χ1n) is 11.9. The summed E-state index contributed by atoms with van der Waals surface area (Å²) in [6, 6.07) is 15.4. The molecule has 0 radical (unpaired) electrons. The average molecular weight is 536 g/mol. The Bertz CT molecular complexity index is 1350. The Balaban J connectivity index is 1.57. The fourth-order valence-corrected chi connectivity index (χ4v) is 5.46. The summed E-state index contributed by atoms with van der Waals surface area (Å²) in [7, 11) is -4.95. The zero-order valence-electron chi connectivity index (χ0n) is 20.3. The minimum absolute atomic E-state index is 0.0632. The average Bonchev–Trinajstić information content (AvgIpc) is 2.92. The number of rotatable bonds is 10. The van der Waals surface area contributed by atoms with Gasteiger partial charge >= 0.3 is 10.8 Å². The van der Waals surface area contributed by atoms with E-state index in [1.165, 1.54) is 16.8 Å². The number of aromatic amines is 1. The number of H-pyrrole nitrogens is 1. The van der Waals surface area contributed by atoms with Crippen molar-refractivity contribution >= 4 is 15.7 Å². The SMILES string of the molecule is CCOCCOc1c(N2CCN(S(=O)(=O)C(F)(F)c3ccccc3)CC2)c[nH+]n(-c2ccccc2)c1=O. The second kappa shape index (κ2) is 11.4. The number of hydrogen-bond acceptors (Lipinski definition) is 6. The molecule has 3 aromatic rings. The molecule has 9 nitrogen and oxygen atoms in total. The summed E-state index contributed by atoms with van der Waals surface area (Å²) < 4.78 is 68.8. The van der Waals surface area contributed by atoms with Gasteiger partial charge < -0.3 is 14.4 Å². The maximum absolute atomic E-state index is 14.9. The van der Waals surface area contributed by atoms with Gasteiger partial charge in [-0.2, -0.15) is 13.1 Å². The number of alkyl halides is 2. The van der Waals surface area contributed by atoms with Gasteiger partial charge in [-0.1, -0.05) is 53.2 Å². The van der Waals surface area contributed by atoms with Crippen molar-refractivity contribution in [2.75, 3.05) is 50.9 Å². The van der Waals surface area contributed by atoms with Gasteiger partial charge in [-0.05, 0) is 19.1 Å². The van der Waals surface area contributed by atoms with Crippen LogP contribution in [0.1, 0.15) is 12.5 Å². The Hall–Kier alpha value is -3.35. The monoisotopic (exact) mass is 535 g/mol. The first-order chi connectivity index (χ1) is 17.8. The van der Waals surface area contributed by atoms with E-state index in [9.17, 15) is 22.0 Å². The van der Waals surface area contributed by atoms with Crippen LogP contribution in [0, 0.1) is 0 Å². The van der Waals surface area contributed by atoms with Gasteiger partial charge in [0.1, 0.15) is 12.3 Å². The highest BCUT2D eigenvalue weighted by molar-refractivity contribution is 7.89. The van der Waals surface area contributed by atoms with Crippen LogP contribution in [0.3, 0.4) is 0 Å². The lowest BCUT2D eigenvalue weighted by molar-refractivity contribution is -0.482. The summed E-state index contributed by atoms with van der Waals surface area (Å²) >= 11 is 0. The molecule has 1 aliphatic heterocycles. The molecule has 1 N–H and O–H groups in total. The lowest BCUT2D eigenvalue weighted by atomic mass is 10.2. The molecule has 0 atom stereocenters. The standard InChI is InChI=1S/C25H28F2N4O5S/c1-2-35-17-18-36-23-22(19-28-31(24(23)32)21-11-7-4-8-12-21)29-13-15-30(16-14-29)37(33,34)25(26,27)20-9-5-3-6-10-20/h3-12,19H,2,13-18H2,1H3/p+1. The molecule has 2 heterocycles. The molecular weight excluding hydrogens is 506 g/mol. The number of halogens is 2. The Morgan fingerprint density at radius 3 is 2.19 bits per heavy atom. The highest BCUT2D eigenvalue weighted by Gasteiger charge is 2.51. The van der Waals surface area contributed by atoms with Gasteiger partial charge in [0.05, 0.1) is 6.61 Å². The number of ether oxygens (including phenoxy) is 2. The molecule has 12 heteroatoms. The van der Waals surface area contributed by atoms with Crippen molar-refractivity contribution in [3.05, 3.63) is 82.8 Å². The van der Waals surface area contributed by atoms with Crippen molar-refractivity contribution in [1.29, 1.82) is 0 Å². The quantitative estimate of drug-likeness (QED) is 0.370. The second-order valence-corrected chi connectivity index (χ2v) is 10.3. The molecule has 1 saturated heterocycles. The molecule has 2 aromatic carbocycles. The zero-order valence-corrected chi connectivity index (χ0v) is 21.2. The number of hydrogen-bond donors (Lipinski definition) is 0. The molecule has 0 saturated carbocycles. The fraction of sp³-hybridized carbons (Fsp3) is 0.360. The Morgan fingerprint density at radius 1 is 0.946 bits per heavy atom. The number of piperazine rings is 1. The molecule has 0 spiro atoms. The predicted octanol–water partition coefficient (Wildman–Crippen LogP) is 2.27. The van der Waals surface area contributed by atoms with E-state index >= 15 is 0 Å². The Labute approximate surface area is 213 Å². The smallest absolute Gasteiger partial charge is 0.384 e. The van der Waals surface area contributed by atoms with Crippen LogP contribution < -0.4 is 20.3 Å². The summed E-state index contributed by atoms with van der Waals surface area (Å²) in [6.45, 7) is 2.59. The highest BCUT2D eigenvalue weighted by atomic mass is 32.2. The molecule has 0 amide bonds. The van der Waals surface area contributed by atoms with Crippen molar-refractivity contribution < 1.29 is 31.8 Å². The van der Waals surface area contributed by atoms with E-state index in [1.807, 2.05) is 13.0 Å². The van der Waals surface area contributed by atoms with Gasteiger partial charge in [0, 0.05) is 38.3 Å². The third-order valence-electron chi connectivity index (χ3n) is 6.01. The number of nitrogens with one attached hydrogen (secondary N) is 1. The van der Waals surface area contributed by atoms with Crippen LogP contribution in [-0.4, -0.2) is 63.4 Å². The van der Waals surface area contributed by atoms with Crippen LogP contribution in [0.2, 0.25) is 0 Å². The number of anilines is 1. The summed E-state index contributed by atoms with van der Waals surface area (Å²) in [5.41, 5.74) is 0.000656. The maximum Gasteiger partial charge on any atom is 0.384 e. The molecule has 0 aliphatic carbocycles. The first kappa shape index (κ1) is 26.7. The van der Waals surface area contributed by atoms with Crippen molar-refractivity contribution in [3.8, 4) is 11.4 Å². The van der Waals surface area contributed by atoms with Gasteiger partial charge in [0.2, 0.25) is 11.9 Å². The van der Waals surface area contributed by atoms with E-state index in [2.05, 4.69) is 5.10 Å². The van der Waals surface area contributed by atoms with Crippen molar-refractivity contribution in [2.45, 2.75) is 12.2 Å². The summed E-state index contributed by atoms with van der Waals surface area (Å²) in [5, 5.41) is -1.11.